The lowest BCUT2D eigenvalue weighted by molar-refractivity contribution is 0.0955. The summed E-state index contributed by atoms with van der Waals surface area (Å²) in [5.41, 5.74) is 10.4. The summed E-state index contributed by atoms with van der Waals surface area (Å²) in [6, 6.07) is 17.7. The SMILES string of the molecule is Cc1cc2c(cc1C)CN(c1cccc(C(=O)N/N=C\c3ccc4c(c3)OCO4)c1)C2. The molecule has 2 heterocycles. The number of benzene rings is 3. The molecule has 0 aromatic heterocycles. The van der Waals surface area contributed by atoms with Crippen molar-refractivity contribution >= 4 is 17.8 Å². The Morgan fingerprint density at radius 1 is 0.968 bits per heavy atom. The molecule has 6 heteroatoms. The third-order valence-electron chi connectivity index (χ3n) is 5.79. The van der Waals surface area contributed by atoms with Gasteiger partial charge in [-0.1, -0.05) is 18.2 Å². The van der Waals surface area contributed by atoms with Crippen molar-refractivity contribution in [1.82, 2.24) is 5.43 Å². The molecule has 0 atom stereocenters. The second kappa shape index (κ2) is 7.80. The molecule has 31 heavy (non-hydrogen) atoms. The number of hydrogen-bond donors (Lipinski definition) is 1. The van der Waals surface area contributed by atoms with E-state index in [1.54, 1.807) is 12.3 Å². The first-order valence-corrected chi connectivity index (χ1v) is 10.2. The number of hydrazone groups is 1. The second-order valence-corrected chi connectivity index (χ2v) is 7.92. The fourth-order valence-corrected chi connectivity index (χ4v) is 3.95. The van der Waals surface area contributed by atoms with E-state index >= 15 is 0 Å². The van der Waals surface area contributed by atoms with Gasteiger partial charge >= 0.3 is 0 Å². The van der Waals surface area contributed by atoms with Crippen molar-refractivity contribution in [2.24, 2.45) is 5.10 Å². The van der Waals surface area contributed by atoms with Crippen LogP contribution in [0.3, 0.4) is 0 Å². The molecule has 1 amide bonds. The summed E-state index contributed by atoms with van der Waals surface area (Å²) in [5.74, 6) is 1.15. The van der Waals surface area contributed by atoms with Gasteiger partial charge in [-0.05, 0) is 78.1 Å². The van der Waals surface area contributed by atoms with Gasteiger partial charge in [-0.2, -0.15) is 5.10 Å². The predicted octanol–water partition coefficient (Wildman–Crippen LogP) is 4.32. The lowest BCUT2D eigenvalue weighted by Crippen LogP contribution is -2.19. The third kappa shape index (κ3) is 3.84. The quantitative estimate of drug-likeness (QED) is 0.511. The average Bonchev–Trinajstić information content (AvgIpc) is 3.40. The average molecular weight is 413 g/mol. The van der Waals surface area contributed by atoms with Crippen molar-refractivity contribution in [2.75, 3.05) is 11.7 Å². The standard InChI is InChI=1S/C25H23N3O3/c1-16-8-20-13-28(14-21(20)9-17(16)2)22-5-3-4-19(11-22)25(29)27-26-12-18-6-7-23-24(10-18)31-15-30-23/h3-12H,13-15H2,1-2H3,(H,27,29)/b26-12-. The van der Waals surface area contributed by atoms with E-state index in [2.05, 4.69) is 41.4 Å². The van der Waals surface area contributed by atoms with E-state index in [1.165, 1.54) is 22.3 Å². The molecule has 6 nitrogen and oxygen atoms in total. The molecule has 3 aromatic carbocycles. The number of rotatable bonds is 4. The second-order valence-electron chi connectivity index (χ2n) is 7.92. The molecule has 0 aliphatic carbocycles. The molecule has 0 unspecified atom stereocenters. The highest BCUT2D eigenvalue weighted by Gasteiger charge is 2.21. The molecule has 0 spiro atoms. The molecule has 0 saturated heterocycles. The van der Waals surface area contributed by atoms with E-state index in [-0.39, 0.29) is 12.7 Å². The van der Waals surface area contributed by atoms with Crippen molar-refractivity contribution in [3.05, 3.63) is 88.0 Å². The van der Waals surface area contributed by atoms with Gasteiger partial charge in [0.2, 0.25) is 6.79 Å². The van der Waals surface area contributed by atoms with E-state index in [9.17, 15) is 4.79 Å². The molecule has 156 valence electrons. The number of nitrogens with zero attached hydrogens (tertiary/aromatic N) is 2. The zero-order chi connectivity index (χ0) is 21.4. The number of carbonyl (C=O) groups is 1. The van der Waals surface area contributed by atoms with Crippen LogP contribution < -0.4 is 19.8 Å². The monoisotopic (exact) mass is 413 g/mol. The minimum Gasteiger partial charge on any atom is -0.454 e. The molecule has 0 bridgehead atoms. The fourth-order valence-electron chi connectivity index (χ4n) is 3.95. The maximum Gasteiger partial charge on any atom is 0.271 e. The van der Waals surface area contributed by atoms with E-state index in [0.29, 0.717) is 17.1 Å². The Bertz CT molecular complexity index is 1170. The summed E-state index contributed by atoms with van der Waals surface area (Å²) in [6.45, 7) is 6.22. The number of fused-ring (bicyclic) bond motifs is 2. The van der Waals surface area contributed by atoms with Crippen LogP contribution in [0.1, 0.15) is 38.2 Å². The number of anilines is 1. The largest absolute Gasteiger partial charge is 0.454 e. The van der Waals surface area contributed by atoms with Crippen LogP contribution in [0.25, 0.3) is 0 Å². The summed E-state index contributed by atoms with van der Waals surface area (Å²) in [4.78, 5) is 14.9. The van der Waals surface area contributed by atoms with Gasteiger partial charge in [0.05, 0.1) is 6.21 Å². The Balaban J connectivity index is 1.26. The topological polar surface area (TPSA) is 63.2 Å². The highest BCUT2D eigenvalue weighted by atomic mass is 16.7. The number of nitrogens with one attached hydrogen (secondary N) is 1. The highest BCUT2D eigenvalue weighted by molar-refractivity contribution is 5.95. The zero-order valence-corrected chi connectivity index (χ0v) is 17.5. The molecule has 2 aliphatic heterocycles. The summed E-state index contributed by atoms with van der Waals surface area (Å²) < 4.78 is 10.7. The van der Waals surface area contributed by atoms with Crippen LogP contribution in [0, 0.1) is 13.8 Å². The minimum absolute atomic E-state index is 0.227. The predicted molar refractivity (Wildman–Crippen MR) is 120 cm³/mol. The van der Waals surface area contributed by atoms with Crippen LogP contribution >= 0.6 is 0 Å². The first-order chi connectivity index (χ1) is 15.1. The van der Waals surface area contributed by atoms with Gasteiger partial charge in [-0.25, -0.2) is 5.43 Å². The lowest BCUT2D eigenvalue weighted by Gasteiger charge is -2.18. The maximum absolute atomic E-state index is 12.6. The van der Waals surface area contributed by atoms with Gasteiger partial charge < -0.3 is 14.4 Å². The summed E-state index contributed by atoms with van der Waals surface area (Å²) >= 11 is 0. The van der Waals surface area contributed by atoms with Gasteiger partial charge in [-0.3, -0.25) is 4.79 Å². The van der Waals surface area contributed by atoms with Crippen LogP contribution in [0.5, 0.6) is 11.5 Å². The van der Waals surface area contributed by atoms with Crippen molar-refractivity contribution < 1.29 is 14.3 Å². The maximum atomic E-state index is 12.6. The van der Waals surface area contributed by atoms with Crippen LogP contribution in [-0.2, 0) is 13.1 Å². The molecule has 0 radical (unpaired) electrons. The van der Waals surface area contributed by atoms with Crippen molar-refractivity contribution in [1.29, 1.82) is 0 Å². The normalized spacial score (nSPS) is 14.2. The molecule has 0 fully saturated rings. The Labute approximate surface area is 181 Å². The van der Waals surface area contributed by atoms with Gasteiger partial charge in [-0.15, -0.1) is 0 Å². The zero-order valence-electron chi connectivity index (χ0n) is 17.5. The third-order valence-corrected chi connectivity index (χ3v) is 5.79. The van der Waals surface area contributed by atoms with Crippen LogP contribution in [-0.4, -0.2) is 18.9 Å². The Hall–Kier alpha value is -3.80. The smallest absolute Gasteiger partial charge is 0.271 e. The van der Waals surface area contributed by atoms with E-state index in [1.807, 2.05) is 36.4 Å². The van der Waals surface area contributed by atoms with E-state index < -0.39 is 0 Å². The van der Waals surface area contributed by atoms with E-state index in [0.717, 1.165) is 24.3 Å². The molecule has 1 N–H and O–H groups in total. The Morgan fingerprint density at radius 3 is 2.48 bits per heavy atom. The number of aryl methyl sites for hydroxylation is 2. The summed E-state index contributed by atoms with van der Waals surface area (Å²) in [6.07, 6.45) is 1.59. The minimum atomic E-state index is -0.248. The van der Waals surface area contributed by atoms with Crippen LogP contribution in [0.4, 0.5) is 5.69 Å². The van der Waals surface area contributed by atoms with Gasteiger partial charge in [0.25, 0.3) is 5.91 Å². The Kier molecular flexibility index (Phi) is 4.82. The molecular weight excluding hydrogens is 390 g/mol. The summed E-state index contributed by atoms with van der Waals surface area (Å²) in [5, 5.41) is 4.09. The van der Waals surface area contributed by atoms with Crippen molar-refractivity contribution in [3.8, 4) is 11.5 Å². The molecule has 2 aliphatic rings. The molecular formula is C25H23N3O3. The van der Waals surface area contributed by atoms with Gasteiger partial charge in [0.15, 0.2) is 11.5 Å². The number of carbonyl (C=O) groups excluding carboxylic acids is 1. The molecule has 3 aromatic rings. The van der Waals surface area contributed by atoms with Crippen molar-refractivity contribution in [2.45, 2.75) is 26.9 Å². The van der Waals surface area contributed by atoms with Crippen LogP contribution in [0.15, 0.2) is 59.7 Å². The number of ether oxygens (including phenoxy) is 2. The van der Waals surface area contributed by atoms with Gasteiger partial charge in [0, 0.05) is 24.3 Å². The highest BCUT2D eigenvalue weighted by Crippen LogP contribution is 2.32. The summed E-state index contributed by atoms with van der Waals surface area (Å²) in [7, 11) is 0. The Morgan fingerprint density at radius 2 is 1.71 bits per heavy atom. The molecule has 5 rings (SSSR count). The number of hydrogen-bond acceptors (Lipinski definition) is 5. The number of amides is 1. The lowest BCUT2D eigenvalue weighted by atomic mass is 10.0. The van der Waals surface area contributed by atoms with Crippen molar-refractivity contribution in [3.63, 3.8) is 0 Å². The fraction of sp³-hybridized carbons (Fsp3) is 0.200. The first kappa shape index (κ1) is 19.2. The first-order valence-electron chi connectivity index (χ1n) is 10.2. The molecule has 0 saturated carbocycles. The van der Waals surface area contributed by atoms with Crippen LogP contribution in [0.2, 0.25) is 0 Å². The van der Waals surface area contributed by atoms with Gasteiger partial charge in [0.1, 0.15) is 0 Å². The van der Waals surface area contributed by atoms with E-state index in [4.69, 9.17) is 9.47 Å².